The number of hydrogen-bond acceptors (Lipinski definition) is 2. The van der Waals surface area contributed by atoms with Crippen molar-refractivity contribution in [1.29, 1.82) is 0 Å². The fourth-order valence-corrected chi connectivity index (χ4v) is 0.611. The standard InChI is InChI=1S/C8H19NO/c1-7(2)8(3,4)5-6-10-9/h7H,5-6,9H2,1-4H3. The molecule has 0 amide bonds. The highest BCUT2D eigenvalue weighted by Gasteiger charge is 2.21. The third-order valence-corrected chi connectivity index (χ3v) is 2.43. The molecule has 0 spiro atoms. The minimum absolute atomic E-state index is 0.347. The number of hydrogen-bond donors (Lipinski definition) is 1. The van der Waals surface area contributed by atoms with Crippen LogP contribution in [0.3, 0.4) is 0 Å². The highest BCUT2D eigenvalue weighted by Crippen LogP contribution is 2.29. The molecule has 0 heterocycles. The van der Waals surface area contributed by atoms with Crippen molar-refractivity contribution in [2.75, 3.05) is 6.61 Å². The molecule has 2 heteroatoms. The van der Waals surface area contributed by atoms with Crippen molar-refractivity contribution in [2.24, 2.45) is 17.2 Å². The Labute approximate surface area is 63.7 Å². The fraction of sp³-hybridized carbons (Fsp3) is 1.00. The predicted molar refractivity (Wildman–Crippen MR) is 43.4 cm³/mol. The summed E-state index contributed by atoms with van der Waals surface area (Å²) in [5, 5.41) is 0. The van der Waals surface area contributed by atoms with Crippen molar-refractivity contribution in [3.63, 3.8) is 0 Å². The zero-order valence-electron chi connectivity index (χ0n) is 7.48. The fourth-order valence-electron chi connectivity index (χ4n) is 0.611. The van der Waals surface area contributed by atoms with Gasteiger partial charge in [0.2, 0.25) is 0 Å². The van der Waals surface area contributed by atoms with Crippen molar-refractivity contribution < 1.29 is 4.84 Å². The van der Waals surface area contributed by atoms with Gasteiger partial charge in [-0.25, -0.2) is 5.90 Å². The molecule has 0 aromatic rings. The van der Waals surface area contributed by atoms with Crippen LogP contribution in [0, 0.1) is 11.3 Å². The van der Waals surface area contributed by atoms with Crippen LogP contribution in [0.2, 0.25) is 0 Å². The Morgan fingerprint density at radius 3 is 2.20 bits per heavy atom. The first-order valence-electron chi connectivity index (χ1n) is 3.82. The largest absolute Gasteiger partial charge is 0.305 e. The summed E-state index contributed by atoms with van der Waals surface area (Å²) < 4.78 is 0. The molecule has 2 N–H and O–H groups in total. The second-order valence-electron chi connectivity index (χ2n) is 3.76. The normalized spacial score (nSPS) is 12.6. The Kier molecular flexibility index (Phi) is 3.91. The second-order valence-corrected chi connectivity index (χ2v) is 3.76. The summed E-state index contributed by atoms with van der Waals surface area (Å²) in [5.41, 5.74) is 0.347. The maximum absolute atomic E-state index is 4.94. The van der Waals surface area contributed by atoms with Gasteiger partial charge in [-0.1, -0.05) is 27.7 Å². The van der Waals surface area contributed by atoms with Crippen molar-refractivity contribution in [2.45, 2.75) is 34.1 Å². The minimum atomic E-state index is 0.347. The molecule has 0 fully saturated rings. The van der Waals surface area contributed by atoms with E-state index in [2.05, 4.69) is 32.5 Å². The Bertz CT molecular complexity index is 89.3. The first kappa shape index (κ1) is 9.92. The molecule has 62 valence electrons. The molecule has 0 aliphatic heterocycles. The summed E-state index contributed by atoms with van der Waals surface area (Å²) in [6.45, 7) is 9.56. The number of nitrogens with two attached hydrogens (primary N) is 1. The Balaban J connectivity index is 3.63. The highest BCUT2D eigenvalue weighted by molar-refractivity contribution is 4.71. The van der Waals surface area contributed by atoms with E-state index in [-0.39, 0.29) is 0 Å². The number of rotatable bonds is 4. The summed E-state index contributed by atoms with van der Waals surface area (Å²) in [4.78, 5) is 4.53. The molecule has 0 saturated carbocycles. The Morgan fingerprint density at radius 1 is 1.40 bits per heavy atom. The Morgan fingerprint density at radius 2 is 1.90 bits per heavy atom. The summed E-state index contributed by atoms with van der Waals surface area (Å²) >= 11 is 0. The average molecular weight is 145 g/mol. The second kappa shape index (κ2) is 3.94. The van der Waals surface area contributed by atoms with Gasteiger partial charge >= 0.3 is 0 Å². The van der Waals surface area contributed by atoms with Crippen molar-refractivity contribution >= 4 is 0 Å². The monoisotopic (exact) mass is 145 g/mol. The smallest absolute Gasteiger partial charge is 0.0684 e. The maximum Gasteiger partial charge on any atom is 0.0684 e. The molecule has 0 unspecified atom stereocenters. The van der Waals surface area contributed by atoms with E-state index >= 15 is 0 Å². The first-order chi connectivity index (χ1) is 4.50. The lowest BCUT2D eigenvalue weighted by Crippen LogP contribution is -2.22. The molecule has 0 bridgehead atoms. The molecule has 0 aliphatic carbocycles. The van der Waals surface area contributed by atoms with Crippen LogP contribution in [0.5, 0.6) is 0 Å². The quantitative estimate of drug-likeness (QED) is 0.614. The lowest BCUT2D eigenvalue weighted by Gasteiger charge is -2.28. The van der Waals surface area contributed by atoms with Gasteiger partial charge in [0, 0.05) is 0 Å². The van der Waals surface area contributed by atoms with E-state index in [1.807, 2.05) is 0 Å². The highest BCUT2D eigenvalue weighted by atomic mass is 16.6. The third kappa shape index (κ3) is 3.18. The van der Waals surface area contributed by atoms with Crippen molar-refractivity contribution in [1.82, 2.24) is 0 Å². The van der Waals surface area contributed by atoms with Crippen molar-refractivity contribution in [3.05, 3.63) is 0 Å². The maximum atomic E-state index is 4.94. The van der Waals surface area contributed by atoms with Gasteiger partial charge in [-0.05, 0) is 17.8 Å². The van der Waals surface area contributed by atoms with Gasteiger partial charge in [-0.2, -0.15) is 0 Å². The van der Waals surface area contributed by atoms with Crippen LogP contribution < -0.4 is 5.90 Å². The molecule has 0 saturated heterocycles. The van der Waals surface area contributed by atoms with E-state index in [9.17, 15) is 0 Å². The summed E-state index contributed by atoms with van der Waals surface area (Å²) in [5.74, 6) is 5.62. The average Bonchev–Trinajstić information content (AvgIpc) is 1.84. The molecule has 0 atom stereocenters. The molecule has 0 aromatic heterocycles. The Hall–Kier alpha value is -0.0800. The van der Waals surface area contributed by atoms with E-state index in [4.69, 9.17) is 5.90 Å². The van der Waals surface area contributed by atoms with Gasteiger partial charge in [-0.15, -0.1) is 0 Å². The van der Waals surface area contributed by atoms with E-state index < -0.39 is 0 Å². The lowest BCUT2D eigenvalue weighted by atomic mass is 9.79. The zero-order chi connectivity index (χ0) is 8.20. The van der Waals surface area contributed by atoms with Crippen LogP contribution in [-0.4, -0.2) is 6.61 Å². The molecule has 0 aromatic carbocycles. The van der Waals surface area contributed by atoms with Crippen LogP contribution in [0.4, 0.5) is 0 Å². The van der Waals surface area contributed by atoms with Gasteiger partial charge in [0.1, 0.15) is 0 Å². The van der Waals surface area contributed by atoms with Gasteiger partial charge in [0.05, 0.1) is 6.61 Å². The van der Waals surface area contributed by atoms with Crippen LogP contribution in [0.1, 0.15) is 34.1 Å². The van der Waals surface area contributed by atoms with Gasteiger partial charge < -0.3 is 4.84 Å². The molecular formula is C8H19NO. The van der Waals surface area contributed by atoms with E-state index in [1.165, 1.54) is 0 Å². The molecule has 10 heavy (non-hydrogen) atoms. The van der Waals surface area contributed by atoms with Crippen LogP contribution in [-0.2, 0) is 4.84 Å². The molecule has 0 aliphatic rings. The van der Waals surface area contributed by atoms with Crippen LogP contribution >= 0.6 is 0 Å². The molecule has 0 rings (SSSR count). The predicted octanol–water partition coefficient (Wildman–Crippen LogP) is 1.95. The van der Waals surface area contributed by atoms with E-state index in [0.29, 0.717) is 17.9 Å². The van der Waals surface area contributed by atoms with Gasteiger partial charge in [-0.3, -0.25) is 0 Å². The lowest BCUT2D eigenvalue weighted by molar-refractivity contribution is 0.0891. The summed E-state index contributed by atoms with van der Waals surface area (Å²) in [6.07, 6.45) is 1.03. The molecule has 0 radical (unpaired) electrons. The van der Waals surface area contributed by atoms with E-state index in [0.717, 1.165) is 6.42 Å². The SMILES string of the molecule is CC(C)C(C)(C)CCON. The summed E-state index contributed by atoms with van der Waals surface area (Å²) in [7, 11) is 0. The molecular weight excluding hydrogens is 126 g/mol. The zero-order valence-corrected chi connectivity index (χ0v) is 7.48. The topological polar surface area (TPSA) is 35.2 Å². The van der Waals surface area contributed by atoms with Crippen LogP contribution in [0.25, 0.3) is 0 Å². The third-order valence-electron chi connectivity index (χ3n) is 2.43. The minimum Gasteiger partial charge on any atom is -0.305 e. The first-order valence-corrected chi connectivity index (χ1v) is 3.82. The van der Waals surface area contributed by atoms with Crippen LogP contribution in [0.15, 0.2) is 0 Å². The van der Waals surface area contributed by atoms with E-state index in [1.54, 1.807) is 0 Å². The van der Waals surface area contributed by atoms with Crippen molar-refractivity contribution in [3.8, 4) is 0 Å². The van der Waals surface area contributed by atoms with Gasteiger partial charge in [0.25, 0.3) is 0 Å². The van der Waals surface area contributed by atoms with Gasteiger partial charge in [0.15, 0.2) is 0 Å². The molecule has 2 nitrogen and oxygen atoms in total. The summed E-state index contributed by atoms with van der Waals surface area (Å²) in [6, 6.07) is 0.